The van der Waals surface area contributed by atoms with E-state index < -0.39 is 5.91 Å². The summed E-state index contributed by atoms with van der Waals surface area (Å²) < 4.78 is 5.24. The lowest BCUT2D eigenvalue weighted by Gasteiger charge is -1.99. The lowest BCUT2D eigenvalue weighted by molar-refractivity contribution is 0.0946. The van der Waals surface area contributed by atoms with Gasteiger partial charge in [-0.25, -0.2) is 15.4 Å². The first-order chi connectivity index (χ1) is 13.6. The molecule has 0 unspecified atom stereocenters. The van der Waals surface area contributed by atoms with E-state index in [9.17, 15) is 4.79 Å². The number of aromatic nitrogens is 3. The number of carbonyl (C=O) groups is 1. The first-order valence-electron chi connectivity index (χ1n) is 8.35. The van der Waals surface area contributed by atoms with Crippen LogP contribution in [0.15, 0.2) is 50.7 Å². The van der Waals surface area contributed by atoms with Crippen molar-refractivity contribution in [1.29, 1.82) is 0 Å². The van der Waals surface area contributed by atoms with Crippen LogP contribution in [0.25, 0.3) is 22.0 Å². The molecule has 0 saturated carbocycles. The fourth-order valence-electron chi connectivity index (χ4n) is 2.55. The van der Waals surface area contributed by atoms with Gasteiger partial charge in [0.2, 0.25) is 0 Å². The molecule has 4 aromatic rings. The minimum atomic E-state index is -0.460. The average molecular weight is 409 g/mol. The number of thiazole rings is 2. The minimum absolute atomic E-state index is 0.147. The summed E-state index contributed by atoms with van der Waals surface area (Å²) in [5.41, 5.74) is 5.52. The molecule has 3 heterocycles. The molecule has 0 saturated heterocycles. The molecule has 0 aliphatic carbocycles. The summed E-state index contributed by atoms with van der Waals surface area (Å²) in [6, 6.07) is 9.48. The van der Waals surface area contributed by atoms with Gasteiger partial charge in [-0.1, -0.05) is 35.5 Å². The average Bonchev–Trinajstić information content (AvgIpc) is 3.42. The molecule has 0 bridgehead atoms. The molecule has 7 nitrogen and oxygen atoms in total. The lowest BCUT2D eigenvalue weighted by Crippen LogP contribution is -2.19. The van der Waals surface area contributed by atoms with Crippen molar-refractivity contribution in [2.24, 2.45) is 5.10 Å². The molecule has 1 amide bonds. The molecule has 3 aromatic heterocycles. The van der Waals surface area contributed by atoms with Crippen molar-refractivity contribution < 1.29 is 9.32 Å². The molecule has 0 aliphatic heterocycles. The van der Waals surface area contributed by atoms with Gasteiger partial charge in [-0.3, -0.25) is 4.79 Å². The van der Waals surface area contributed by atoms with Crippen molar-refractivity contribution in [3.8, 4) is 22.0 Å². The zero-order valence-electron chi connectivity index (χ0n) is 15.0. The van der Waals surface area contributed by atoms with E-state index in [-0.39, 0.29) is 5.69 Å². The van der Waals surface area contributed by atoms with Gasteiger partial charge in [-0.15, -0.1) is 22.7 Å². The number of nitrogens with zero attached hydrogens (tertiary/aromatic N) is 4. The monoisotopic (exact) mass is 409 g/mol. The second-order valence-corrected chi connectivity index (χ2v) is 7.78. The van der Waals surface area contributed by atoms with Gasteiger partial charge in [0.15, 0.2) is 5.69 Å². The first-order valence-corrected chi connectivity index (χ1v) is 10.1. The zero-order valence-corrected chi connectivity index (χ0v) is 16.7. The van der Waals surface area contributed by atoms with Gasteiger partial charge < -0.3 is 4.52 Å². The number of rotatable bonds is 5. The summed E-state index contributed by atoms with van der Waals surface area (Å²) in [6.45, 7) is 3.70. The third-order valence-electron chi connectivity index (χ3n) is 3.86. The maximum atomic E-state index is 12.5. The molecule has 1 aromatic carbocycles. The molecular weight excluding hydrogens is 394 g/mol. The van der Waals surface area contributed by atoms with E-state index in [0.717, 1.165) is 21.3 Å². The summed E-state index contributed by atoms with van der Waals surface area (Å²) in [5, 5.41) is 13.5. The van der Waals surface area contributed by atoms with Gasteiger partial charge in [0.05, 0.1) is 22.5 Å². The van der Waals surface area contributed by atoms with Crippen LogP contribution in [-0.2, 0) is 0 Å². The molecular formula is C19H15N5O2S2. The lowest BCUT2D eigenvalue weighted by atomic mass is 10.1. The maximum Gasteiger partial charge on any atom is 0.294 e. The molecule has 0 fully saturated rings. The van der Waals surface area contributed by atoms with Crippen LogP contribution in [0.5, 0.6) is 0 Å². The van der Waals surface area contributed by atoms with Crippen LogP contribution >= 0.6 is 22.7 Å². The van der Waals surface area contributed by atoms with Crippen LogP contribution in [0, 0.1) is 13.8 Å². The van der Waals surface area contributed by atoms with E-state index in [1.807, 2.05) is 48.0 Å². The van der Waals surface area contributed by atoms with E-state index in [1.54, 1.807) is 24.5 Å². The summed E-state index contributed by atoms with van der Waals surface area (Å²) in [4.78, 5) is 21.6. The van der Waals surface area contributed by atoms with Gasteiger partial charge >= 0.3 is 0 Å². The molecule has 0 atom stereocenters. The van der Waals surface area contributed by atoms with Crippen molar-refractivity contribution >= 4 is 34.8 Å². The Labute approximate surface area is 168 Å². The predicted octanol–water partition coefficient (Wildman–Crippen LogP) is 4.30. The van der Waals surface area contributed by atoms with Crippen molar-refractivity contribution in [2.45, 2.75) is 13.8 Å². The number of hydrogen-bond donors (Lipinski definition) is 1. The number of hydrogen-bond acceptors (Lipinski definition) is 8. The summed E-state index contributed by atoms with van der Waals surface area (Å²) in [7, 11) is 0. The molecule has 4 rings (SSSR count). The Morgan fingerprint density at radius 1 is 1.11 bits per heavy atom. The number of hydrazone groups is 1. The van der Waals surface area contributed by atoms with Crippen LogP contribution in [0.1, 0.15) is 26.8 Å². The Hall–Kier alpha value is -3.17. The first kappa shape index (κ1) is 18.2. The molecule has 1 N–H and O–H groups in total. The number of benzene rings is 1. The quantitative estimate of drug-likeness (QED) is 0.392. The highest BCUT2D eigenvalue weighted by Crippen LogP contribution is 2.32. The maximum absolute atomic E-state index is 12.5. The summed E-state index contributed by atoms with van der Waals surface area (Å²) in [5.74, 6) is 0.0570. The van der Waals surface area contributed by atoms with E-state index in [1.165, 1.54) is 11.3 Å². The Kier molecular flexibility index (Phi) is 5.09. The van der Waals surface area contributed by atoms with Crippen molar-refractivity contribution in [1.82, 2.24) is 20.6 Å². The molecule has 9 heteroatoms. The molecule has 0 aliphatic rings. The van der Waals surface area contributed by atoms with Crippen molar-refractivity contribution in [2.75, 3.05) is 0 Å². The highest BCUT2D eigenvalue weighted by molar-refractivity contribution is 7.14. The van der Waals surface area contributed by atoms with E-state index in [0.29, 0.717) is 17.0 Å². The van der Waals surface area contributed by atoms with Crippen LogP contribution in [0.2, 0.25) is 0 Å². The predicted molar refractivity (Wildman–Crippen MR) is 110 cm³/mol. The van der Waals surface area contributed by atoms with Crippen LogP contribution in [-0.4, -0.2) is 27.2 Å². The van der Waals surface area contributed by atoms with Crippen molar-refractivity contribution in [3.05, 3.63) is 63.1 Å². The Balaban J connectivity index is 1.57. The second-order valence-electron chi connectivity index (χ2n) is 5.86. The molecule has 0 spiro atoms. The van der Waals surface area contributed by atoms with Gasteiger partial charge in [-0.05, 0) is 19.4 Å². The highest BCUT2D eigenvalue weighted by Gasteiger charge is 2.23. The van der Waals surface area contributed by atoms with E-state index in [4.69, 9.17) is 4.52 Å². The number of carbonyl (C=O) groups excluding carboxylic acids is 1. The highest BCUT2D eigenvalue weighted by atomic mass is 32.1. The molecule has 28 heavy (non-hydrogen) atoms. The van der Waals surface area contributed by atoms with Gasteiger partial charge in [0.25, 0.3) is 5.91 Å². The fraction of sp³-hybridized carbons (Fsp3) is 0.105. The third kappa shape index (κ3) is 3.75. The van der Waals surface area contributed by atoms with Crippen LogP contribution in [0.3, 0.4) is 0 Å². The van der Waals surface area contributed by atoms with Gasteiger partial charge in [0, 0.05) is 10.8 Å². The van der Waals surface area contributed by atoms with Crippen molar-refractivity contribution in [3.63, 3.8) is 0 Å². The van der Waals surface area contributed by atoms with E-state index >= 15 is 0 Å². The SMILES string of the molecule is Cc1nc(-c2nc(-c3c(C(=O)N/N=C\c4ccccc4)noc3C)cs2)cs1. The smallest absolute Gasteiger partial charge is 0.294 e. The molecule has 0 radical (unpaired) electrons. The van der Waals surface area contributed by atoms with Gasteiger partial charge in [0.1, 0.15) is 16.5 Å². The zero-order chi connectivity index (χ0) is 19.5. The normalized spacial score (nSPS) is 11.2. The topological polar surface area (TPSA) is 93.3 Å². The summed E-state index contributed by atoms with van der Waals surface area (Å²) in [6.07, 6.45) is 1.57. The number of nitrogens with one attached hydrogen (secondary N) is 1. The Morgan fingerprint density at radius 2 is 1.89 bits per heavy atom. The summed E-state index contributed by atoms with van der Waals surface area (Å²) >= 11 is 3.03. The third-order valence-corrected chi connectivity index (χ3v) is 5.49. The van der Waals surface area contributed by atoms with E-state index in [2.05, 4.69) is 25.7 Å². The standard InChI is InChI=1S/C19H15N5O2S2/c1-11-16(14-9-28-19(22-14)15-10-27-12(2)21-15)17(24-26-11)18(25)23-20-8-13-6-4-3-5-7-13/h3-10H,1-2H3,(H,23,25)/b20-8-. The van der Waals surface area contributed by atoms with Crippen LogP contribution in [0.4, 0.5) is 0 Å². The number of amides is 1. The largest absolute Gasteiger partial charge is 0.360 e. The Morgan fingerprint density at radius 3 is 2.64 bits per heavy atom. The molecule has 140 valence electrons. The van der Waals surface area contributed by atoms with Crippen LogP contribution < -0.4 is 5.43 Å². The Bertz CT molecular complexity index is 1140. The van der Waals surface area contributed by atoms with Gasteiger partial charge in [-0.2, -0.15) is 5.10 Å². The number of aryl methyl sites for hydroxylation is 2. The fourth-order valence-corrected chi connectivity index (χ4v) is 4.00. The minimum Gasteiger partial charge on any atom is -0.360 e. The second kappa shape index (κ2) is 7.83.